The van der Waals surface area contributed by atoms with Crippen molar-refractivity contribution in [1.82, 2.24) is 15.3 Å². The first-order valence-electron chi connectivity index (χ1n) is 10.6. The van der Waals surface area contributed by atoms with Crippen LogP contribution in [0, 0.1) is 11.8 Å². The monoisotopic (exact) mass is 392 g/mol. The van der Waals surface area contributed by atoms with E-state index in [-0.39, 0.29) is 17.6 Å². The van der Waals surface area contributed by atoms with Gasteiger partial charge in [-0.3, -0.25) is 9.78 Å². The molecule has 3 fully saturated rings. The minimum absolute atomic E-state index is 0.0828. The van der Waals surface area contributed by atoms with Gasteiger partial charge in [-0.2, -0.15) is 0 Å². The average Bonchev–Trinajstić information content (AvgIpc) is 3.41. The lowest BCUT2D eigenvalue weighted by Crippen LogP contribution is -2.42. The van der Waals surface area contributed by atoms with Gasteiger partial charge in [0, 0.05) is 43.4 Å². The second-order valence-electron chi connectivity index (χ2n) is 8.91. The number of hydrogen-bond donors (Lipinski definition) is 1. The maximum absolute atomic E-state index is 12.5. The second-order valence-corrected chi connectivity index (χ2v) is 8.91. The zero-order valence-electron chi connectivity index (χ0n) is 17.0. The zero-order chi connectivity index (χ0) is 20.0. The zero-order valence-corrected chi connectivity index (χ0v) is 17.0. The predicted octanol–water partition coefficient (Wildman–Crippen LogP) is 3.01. The molecule has 5 heterocycles. The van der Waals surface area contributed by atoms with Crippen molar-refractivity contribution >= 4 is 11.7 Å². The molecule has 3 aliphatic heterocycles. The maximum atomic E-state index is 12.5. The minimum Gasteiger partial charge on any atom is -0.369 e. The fourth-order valence-electron chi connectivity index (χ4n) is 5.37. The van der Waals surface area contributed by atoms with Gasteiger partial charge in [0.05, 0.1) is 11.7 Å². The van der Waals surface area contributed by atoms with Gasteiger partial charge >= 0.3 is 0 Å². The van der Waals surface area contributed by atoms with Gasteiger partial charge in [0.25, 0.3) is 5.91 Å². The van der Waals surface area contributed by atoms with Crippen LogP contribution in [-0.4, -0.2) is 47.2 Å². The standard InChI is InChI=1S/C23H28N4O2/c1-15(2)18-7-5-8-21(26-18)27-13-17-16(20-9-10-23(17,14-27)29-20)12-25-22(28)19-6-3-4-11-24-19/h3-8,11,15-17,20H,9-10,12-14H2,1-2H3,(H,25,28)/t16-,17+,20+,23+/m0/s1. The van der Waals surface area contributed by atoms with E-state index < -0.39 is 0 Å². The van der Waals surface area contributed by atoms with Crippen LogP contribution in [0.1, 0.15) is 48.8 Å². The van der Waals surface area contributed by atoms with Crippen LogP contribution >= 0.6 is 0 Å². The lowest BCUT2D eigenvalue weighted by atomic mass is 9.73. The van der Waals surface area contributed by atoms with E-state index >= 15 is 0 Å². The van der Waals surface area contributed by atoms with Gasteiger partial charge in [0.15, 0.2) is 0 Å². The molecule has 1 spiro atoms. The third-order valence-electron chi connectivity index (χ3n) is 6.85. The molecule has 4 atom stereocenters. The highest BCUT2D eigenvalue weighted by Gasteiger charge is 2.63. The minimum atomic E-state index is -0.108. The van der Waals surface area contributed by atoms with Gasteiger partial charge in [-0.25, -0.2) is 4.98 Å². The Bertz CT molecular complexity index is 903. The van der Waals surface area contributed by atoms with Crippen LogP contribution in [0.5, 0.6) is 0 Å². The summed E-state index contributed by atoms with van der Waals surface area (Å²) in [6.45, 7) is 6.82. The number of carbonyl (C=O) groups excluding carboxylic acids is 1. The lowest BCUT2D eigenvalue weighted by Gasteiger charge is -2.29. The number of nitrogens with zero attached hydrogens (tertiary/aromatic N) is 3. The van der Waals surface area contributed by atoms with E-state index in [1.54, 1.807) is 12.3 Å². The number of hydrogen-bond acceptors (Lipinski definition) is 5. The van der Waals surface area contributed by atoms with Crippen molar-refractivity contribution < 1.29 is 9.53 Å². The number of rotatable bonds is 5. The summed E-state index contributed by atoms with van der Waals surface area (Å²) >= 11 is 0. The number of fused-ring (bicyclic) bond motifs is 1. The van der Waals surface area contributed by atoms with Crippen molar-refractivity contribution in [3.63, 3.8) is 0 Å². The van der Waals surface area contributed by atoms with Crippen molar-refractivity contribution in [2.75, 3.05) is 24.5 Å². The van der Waals surface area contributed by atoms with Crippen molar-refractivity contribution in [2.45, 2.75) is 44.3 Å². The fraction of sp³-hybridized carbons (Fsp3) is 0.522. The molecule has 3 saturated heterocycles. The molecular weight excluding hydrogens is 364 g/mol. The Kier molecular flexibility index (Phi) is 4.54. The highest BCUT2D eigenvalue weighted by molar-refractivity contribution is 5.92. The molecule has 2 aromatic heterocycles. The third kappa shape index (κ3) is 3.19. The Morgan fingerprint density at radius 2 is 2.21 bits per heavy atom. The molecule has 0 radical (unpaired) electrons. The molecular formula is C23H28N4O2. The van der Waals surface area contributed by atoms with Gasteiger partial charge in [0.2, 0.25) is 0 Å². The number of ether oxygens (including phenoxy) is 1. The van der Waals surface area contributed by atoms with Crippen LogP contribution < -0.4 is 10.2 Å². The van der Waals surface area contributed by atoms with E-state index in [1.807, 2.05) is 12.1 Å². The first kappa shape index (κ1) is 18.6. The van der Waals surface area contributed by atoms with E-state index in [2.05, 4.69) is 47.2 Å². The SMILES string of the molecule is CC(C)c1cccc(N2C[C@@H]3[C@H](CNC(=O)c4ccccn4)[C@H]4CC[C@]3(C2)O4)n1. The van der Waals surface area contributed by atoms with Crippen molar-refractivity contribution in [3.05, 3.63) is 54.0 Å². The number of amides is 1. The summed E-state index contributed by atoms with van der Waals surface area (Å²) in [4.78, 5) is 23.9. The Balaban J connectivity index is 1.30. The molecule has 29 heavy (non-hydrogen) atoms. The molecule has 3 aliphatic rings. The third-order valence-corrected chi connectivity index (χ3v) is 6.85. The van der Waals surface area contributed by atoms with Crippen molar-refractivity contribution in [1.29, 1.82) is 0 Å². The molecule has 0 aromatic carbocycles. The van der Waals surface area contributed by atoms with Gasteiger partial charge in [0.1, 0.15) is 11.5 Å². The van der Waals surface area contributed by atoms with E-state index in [0.29, 0.717) is 30.0 Å². The van der Waals surface area contributed by atoms with Crippen LogP contribution in [0.15, 0.2) is 42.6 Å². The topological polar surface area (TPSA) is 67.4 Å². The Labute approximate surface area is 171 Å². The maximum Gasteiger partial charge on any atom is 0.269 e. The van der Waals surface area contributed by atoms with Crippen LogP contribution in [0.2, 0.25) is 0 Å². The summed E-state index contributed by atoms with van der Waals surface area (Å²) in [6, 6.07) is 11.7. The van der Waals surface area contributed by atoms with Crippen LogP contribution in [0.25, 0.3) is 0 Å². The highest BCUT2D eigenvalue weighted by atomic mass is 16.5. The average molecular weight is 393 g/mol. The Morgan fingerprint density at radius 1 is 1.31 bits per heavy atom. The number of carbonyl (C=O) groups is 1. The Hall–Kier alpha value is -2.47. The number of nitrogens with one attached hydrogen (secondary N) is 1. The fourth-order valence-corrected chi connectivity index (χ4v) is 5.37. The van der Waals surface area contributed by atoms with Gasteiger partial charge in [-0.1, -0.05) is 26.0 Å². The lowest BCUT2D eigenvalue weighted by molar-refractivity contribution is 0.0141. The van der Waals surface area contributed by atoms with Crippen LogP contribution in [0.3, 0.4) is 0 Å². The molecule has 152 valence electrons. The summed E-state index contributed by atoms with van der Waals surface area (Å²) in [7, 11) is 0. The first-order chi connectivity index (χ1) is 14.1. The normalized spacial score (nSPS) is 30.0. The summed E-state index contributed by atoms with van der Waals surface area (Å²) in [6.07, 6.45) is 4.08. The number of anilines is 1. The highest BCUT2D eigenvalue weighted by Crippen LogP contribution is 2.55. The predicted molar refractivity (Wildman–Crippen MR) is 111 cm³/mol. The van der Waals surface area contributed by atoms with E-state index in [1.165, 1.54) is 0 Å². The Morgan fingerprint density at radius 3 is 3.00 bits per heavy atom. The summed E-state index contributed by atoms with van der Waals surface area (Å²) in [5.74, 6) is 2.12. The molecule has 2 bridgehead atoms. The quantitative estimate of drug-likeness (QED) is 0.847. The summed E-state index contributed by atoms with van der Waals surface area (Å²) < 4.78 is 6.53. The van der Waals surface area contributed by atoms with Gasteiger partial charge in [-0.05, 0) is 43.0 Å². The summed E-state index contributed by atoms with van der Waals surface area (Å²) in [5.41, 5.74) is 1.51. The second kappa shape index (κ2) is 7.10. The largest absolute Gasteiger partial charge is 0.369 e. The smallest absolute Gasteiger partial charge is 0.269 e. The molecule has 1 amide bonds. The molecule has 0 unspecified atom stereocenters. The molecule has 6 heteroatoms. The molecule has 1 N–H and O–H groups in total. The van der Waals surface area contributed by atoms with E-state index in [4.69, 9.17) is 9.72 Å². The molecule has 2 aromatic rings. The molecule has 5 rings (SSSR count). The molecule has 0 aliphatic carbocycles. The van der Waals surface area contributed by atoms with Gasteiger partial charge in [-0.15, -0.1) is 0 Å². The number of pyridine rings is 2. The molecule has 0 saturated carbocycles. The first-order valence-corrected chi connectivity index (χ1v) is 10.6. The van der Waals surface area contributed by atoms with Gasteiger partial charge < -0.3 is 15.0 Å². The number of aromatic nitrogens is 2. The molecule has 6 nitrogen and oxygen atoms in total. The van der Waals surface area contributed by atoms with E-state index in [9.17, 15) is 4.79 Å². The van der Waals surface area contributed by atoms with Crippen molar-refractivity contribution in [3.8, 4) is 0 Å². The van der Waals surface area contributed by atoms with Crippen LogP contribution in [0.4, 0.5) is 5.82 Å². The summed E-state index contributed by atoms with van der Waals surface area (Å²) in [5, 5.41) is 3.10. The van der Waals surface area contributed by atoms with E-state index in [0.717, 1.165) is 37.4 Å². The van der Waals surface area contributed by atoms with Crippen molar-refractivity contribution in [2.24, 2.45) is 11.8 Å². The van der Waals surface area contributed by atoms with Crippen LogP contribution in [-0.2, 0) is 4.74 Å².